The Labute approximate surface area is 198 Å². The van der Waals surface area contributed by atoms with Gasteiger partial charge in [-0.15, -0.1) is 11.3 Å². The molecule has 0 radical (unpaired) electrons. The molecule has 0 saturated heterocycles. The molecule has 0 saturated carbocycles. The van der Waals surface area contributed by atoms with Crippen LogP contribution in [0.3, 0.4) is 0 Å². The van der Waals surface area contributed by atoms with E-state index in [2.05, 4.69) is 10.2 Å². The number of aromatic nitrogens is 2. The van der Waals surface area contributed by atoms with E-state index in [0.29, 0.717) is 31.9 Å². The molecule has 0 spiro atoms. The molecule has 2 aromatic carbocycles. The zero-order chi connectivity index (χ0) is 23.0. The Morgan fingerprint density at radius 3 is 2.58 bits per heavy atom. The van der Waals surface area contributed by atoms with Gasteiger partial charge in [0.1, 0.15) is 5.82 Å². The third-order valence-corrected chi connectivity index (χ3v) is 6.34. The first-order chi connectivity index (χ1) is 16.2. The average Bonchev–Trinajstić information content (AvgIpc) is 3.39. The predicted octanol–water partition coefficient (Wildman–Crippen LogP) is 5.08. The molecule has 2 heterocycles. The first-order valence-electron chi connectivity index (χ1n) is 11.0. The van der Waals surface area contributed by atoms with Gasteiger partial charge >= 0.3 is 0 Å². The monoisotopic (exact) mass is 460 g/mol. The number of hydrogen-bond donors (Lipinski definition) is 1. The fraction of sp³-hybridized carbons (Fsp3) is 0.269. The molecular formula is C26H28N4O2S. The van der Waals surface area contributed by atoms with Crippen LogP contribution < -0.4 is 10.2 Å². The summed E-state index contributed by atoms with van der Waals surface area (Å²) in [6, 6.07) is 22.0. The van der Waals surface area contributed by atoms with Crippen molar-refractivity contribution in [2.45, 2.75) is 19.4 Å². The maximum atomic E-state index is 12.8. The first-order valence-corrected chi connectivity index (χ1v) is 11.9. The lowest BCUT2D eigenvalue weighted by molar-refractivity contribution is -0.121. The van der Waals surface area contributed by atoms with Gasteiger partial charge in [0.15, 0.2) is 5.82 Å². The average molecular weight is 461 g/mol. The third-order valence-electron chi connectivity index (χ3n) is 5.48. The number of fused-ring (bicyclic) bond motifs is 1. The van der Waals surface area contributed by atoms with E-state index in [1.165, 1.54) is 0 Å². The van der Waals surface area contributed by atoms with E-state index >= 15 is 0 Å². The van der Waals surface area contributed by atoms with Crippen LogP contribution in [0, 0.1) is 0 Å². The number of ether oxygens (including phenoxy) is 1. The predicted molar refractivity (Wildman–Crippen MR) is 135 cm³/mol. The van der Waals surface area contributed by atoms with Crippen LogP contribution in [-0.4, -0.2) is 42.7 Å². The molecule has 4 aromatic rings. The first kappa shape index (κ1) is 22.9. The Morgan fingerprint density at radius 1 is 1.03 bits per heavy atom. The van der Waals surface area contributed by atoms with E-state index < -0.39 is 0 Å². The van der Waals surface area contributed by atoms with Crippen LogP contribution in [0.4, 0.5) is 5.82 Å². The Morgan fingerprint density at radius 2 is 1.82 bits per heavy atom. The second kappa shape index (κ2) is 11.0. The number of benzene rings is 2. The SMILES string of the molecule is COCCN(CCC(=O)N[C@H](C)c1ccccc1)c1nc(-c2cccs2)nc2ccccc12. The van der Waals surface area contributed by atoms with Gasteiger partial charge in [0.25, 0.3) is 0 Å². The number of nitrogens with zero attached hydrogens (tertiary/aromatic N) is 3. The minimum atomic E-state index is -0.0450. The lowest BCUT2D eigenvalue weighted by atomic mass is 10.1. The van der Waals surface area contributed by atoms with Gasteiger partial charge in [-0.2, -0.15) is 0 Å². The molecule has 0 fully saturated rings. The van der Waals surface area contributed by atoms with Gasteiger partial charge in [0.2, 0.25) is 5.91 Å². The normalized spacial score (nSPS) is 11.9. The number of rotatable bonds is 10. The van der Waals surface area contributed by atoms with Crippen molar-refractivity contribution in [2.24, 2.45) is 0 Å². The topological polar surface area (TPSA) is 67.3 Å². The number of anilines is 1. The largest absolute Gasteiger partial charge is 0.383 e. The number of methoxy groups -OCH3 is 1. The quantitative estimate of drug-likeness (QED) is 0.358. The van der Waals surface area contributed by atoms with Crippen molar-refractivity contribution in [3.8, 4) is 10.7 Å². The van der Waals surface area contributed by atoms with Gasteiger partial charge in [0.05, 0.1) is 23.0 Å². The molecule has 1 N–H and O–H groups in total. The summed E-state index contributed by atoms with van der Waals surface area (Å²) < 4.78 is 5.35. The van der Waals surface area contributed by atoms with Crippen molar-refractivity contribution >= 4 is 34.0 Å². The Balaban J connectivity index is 1.56. The van der Waals surface area contributed by atoms with Crippen molar-refractivity contribution in [1.82, 2.24) is 15.3 Å². The van der Waals surface area contributed by atoms with E-state index in [-0.39, 0.29) is 11.9 Å². The lowest BCUT2D eigenvalue weighted by Crippen LogP contribution is -2.34. The van der Waals surface area contributed by atoms with Crippen LogP contribution in [0.2, 0.25) is 0 Å². The van der Waals surface area contributed by atoms with Crippen LogP contribution in [0.15, 0.2) is 72.1 Å². The molecule has 0 aliphatic carbocycles. The molecule has 170 valence electrons. The third kappa shape index (κ3) is 5.74. The Hall–Kier alpha value is -3.29. The van der Waals surface area contributed by atoms with E-state index in [9.17, 15) is 4.79 Å². The van der Waals surface area contributed by atoms with Crippen LogP contribution in [0.25, 0.3) is 21.6 Å². The highest BCUT2D eigenvalue weighted by Gasteiger charge is 2.18. The van der Waals surface area contributed by atoms with Gasteiger partial charge in [-0.25, -0.2) is 9.97 Å². The number of nitrogens with one attached hydrogen (secondary N) is 1. The molecule has 1 amide bonds. The highest BCUT2D eigenvalue weighted by molar-refractivity contribution is 7.13. The van der Waals surface area contributed by atoms with Crippen LogP contribution in [-0.2, 0) is 9.53 Å². The number of hydrogen-bond acceptors (Lipinski definition) is 6. The van der Waals surface area contributed by atoms with Gasteiger partial charge in [-0.3, -0.25) is 4.79 Å². The minimum absolute atomic E-state index is 0.00520. The number of carbonyl (C=O) groups is 1. The van der Waals surface area contributed by atoms with E-state index in [1.807, 2.05) is 79.0 Å². The summed E-state index contributed by atoms with van der Waals surface area (Å²) in [6.45, 7) is 3.69. The van der Waals surface area contributed by atoms with Gasteiger partial charge in [-0.05, 0) is 36.1 Å². The summed E-state index contributed by atoms with van der Waals surface area (Å²) in [7, 11) is 1.68. The summed E-state index contributed by atoms with van der Waals surface area (Å²) in [5, 5.41) is 6.09. The Bertz CT molecular complexity index is 1180. The number of thiophene rings is 1. The maximum absolute atomic E-state index is 12.8. The lowest BCUT2D eigenvalue weighted by Gasteiger charge is -2.25. The number of para-hydroxylation sites is 1. The van der Waals surface area contributed by atoms with E-state index in [0.717, 1.165) is 27.2 Å². The van der Waals surface area contributed by atoms with Crippen molar-refractivity contribution in [3.63, 3.8) is 0 Å². The molecule has 33 heavy (non-hydrogen) atoms. The highest BCUT2D eigenvalue weighted by atomic mass is 32.1. The molecule has 4 rings (SSSR count). The smallest absolute Gasteiger partial charge is 0.222 e. The molecule has 0 bridgehead atoms. The van der Waals surface area contributed by atoms with Crippen LogP contribution >= 0.6 is 11.3 Å². The van der Waals surface area contributed by atoms with Crippen molar-refractivity contribution in [3.05, 3.63) is 77.7 Å². The fourth-order valence-corrected chi connectivity index (χ4v) is 4.37. The van der Waals surface area contributed by atoms with Gasteiger partial charge in [-0.1, -0.05) is 48.5 Å². The summed E-state index contributed by atoms with van der Waals surface area (Å²) in [6.07, 6.45) is 0.355. The fourth-order valence-electron chi connectivity index (χ4n) is 3.72. The zero-order valence-corrected chi connectivity index (χ0v) is 19.7. The molecule has 2 aromatic heterocycles. The molecule has 1 atom stereocenters. The molecule has 0 aliphatic rings. The van der Waals surface area contributed by atoms with E-state index in [4.69, 9.17) is 14.7 Å². The van der Waals surface area contributed by atoms with Crippen molar-refractivity contribution in [1.29, 1.82) is 0 Å². The number of amides is 1. The van der Waals surface area contributed by atoms with Gasteiger partial charge < -0.3 is 15.0 Å². The van der Waals surface area contributed by atoms with Crippen LogP contribution in [0.5, 0.6) is 0 Å². The summed E-state index contributed by atoms with van der Waals surface area (Å²) >= 11 is 1.61. The summed E-state index contributed by atoms with van der Waals surface area (Å²) in [5.41, 5.74) is 1.97. The van der Waals surface area contributed by atoms with E-state index in [1.54, 1.807) is 18.4 Å². The van der Waals surface area contributed by atoms with Crippen molar-refractivity contribution < 1.29 is 9.53 Å². The van der Waals surface area contributed by atoms with Gasteiger partial charge in [0, 0.05) is 32.0 Å². The molecular weight excluding hydrogens is 432 g/mol. The zero-order valence-electron chi connectivity index (χ0n) is 18.9. The second-order valence-corrected chi connectivity index (χ2v) is 8.74. The minimum Gasteiger partial charge on any atom is -0.383 e. The van der Waals surface area contributed by atoms with Crippen LogP contribution in [0.1, 0.15) is 24.9 Å². The molecule has 6 nitrogen and oxygen atoms in total. The second-order valence-electron chi connectivity index (χ2n) is 7.80. The maximum Gasteiger partial charge on any atom is 0.222 e. The summed E-state index contributed by atoms with van der Waals surface area (Å²) in [5.74, 6) is 1.53. The Kier molecular flexibility index (Phi) is 7.65. The standard InChI is InChI=1S/C26H28N4O2S/c1-19(20-9-4-3-5-10-20)27-24(31)14-15-30(16-17-32-2)26-21-11-6-7-12-22(21)28-25(29-26)23-13-8-18-33-23/h3-13,18-19H,14-17H2,1-2H3,(H,27,31)/t19-/m1/s1. The molecule has 0 unspecified atom stereocenters. The number of carbonyl (C=O) groups excluding carboxylic acids is 1. The molecule has 0 aliphatic heterocycles. The molecule has 7 heteroatoms. The highest BCUT2D eigenvalue weighted by Crippen LogP contribution is 2.29. The summed E-state index contributed by atoms with van der Waals surface area (Å²) in [4.78, 5) is 25.6. The van der Waals surface area contributed by atoms with Crippen molar-refractivity contribution in [2.75, 3.05) is 31.7 Å².